The highest BCUT2D eigenvalue weighted by Crippen LogP contribution is 2.33. The first kappa shape index (κ1) is 37.2. The Kier molecular flexibility index (Phi) is 12.6. The molecule has 3 atom stereocenters. The molecule has 0 radical (unpaired) electrons. The Morgan fingerprint density at radius 2 is 1.48 bits per heavy atom. The summed E-state index contributed by atoms with van der Waals surface area (Å²) >= 11 is 0. The van der Waals surface area contributed by atoms with Gasteiger partial charge in [-0.15, -0.1) is 0 Å². The Bertz CT molecular complexity index is 2270. The molecule has 1 aromatic heterocycles. The van der Waals surface area contributed by atoms with E-state index >= 15 is 0 Å². The second-order valence-corrected chi connectivity index (χ2v) is 13.5. The second kappa shape index (κ2) is 18.3. The van der Waals surface area contributed by atoms with E-state index in [0.29, 0.717) is 18.7 Å². The van der Waals surface area contributed by atoms with Crippen molar-refractivity contribution in [1.29, 1.82) is 5.41 Å². The van der Waals surface area contributed by atoms with Crippen LogP contribution >= 0.6 is 0 Å². The topological polar surface area (TPSA) is 48.8 Å². The van der Waals surface area contributed by atoms with E-state index in [2.05, 4.69) is 176 Å². The molecule has 4 aromatic carbocycles. The van der Waals surface area contributed by atoms with Crippen LogP contribution in [0.4, 0.5) is 0 Å². The van der Waals surface area contributed by atoms with Crippen LogP contribution in [0.25, 0.3) is 39.1 Å². The molecule has 0 spiro atoms. The molecule has 0 saturated carbocycles. The molecule has 1 aliphatic rings. The summed E-state index contributed by atoms with van der Waals surface area (Å²) in [4.78, 5) is 4.26. The molecular formula is C51H47N3. The van der Waals surface area contributed by atoms with Crippen LogP contribution in [-0.4, -0.2) is 10.8 Å². The average molecular weight is 702 g/mol. The summed E-state index contributed by atoms with van der Waals surface area (Å²) in [5.74, 6) is 0.637. The highest BCUT2D eigenvalue weighted by molar-refractivity contribution is 5.97. The van der Waals surface area contributed by atoms with Gasteiger partial charge in [-0.3, -0.25) is 10.4 Å². The zero-order valence-corrected chi connectivity index (χ0v) is 30.7. The number of nitrogens with zero attached hydrogens (tertiary/aromatic N) is 1. The number of hydrogen-bond acceptors (Lipinski definition) is 2. The predicted octanol–water partition coefficient (Wildman–Crippen LogP) is 13.0. The largest absolute Gasteiger partial charge is 0.360 e. The van der Waals surface area contributed by atoms with E-state index in [9.17, 15) is 0 Å². The molecule has 0 bridgehead atoms. The number of hydrogen-bond donors (Lipinski definition) is 2. The number of fused-ring (bicyclic) bond motifs is 1. The quantitative estimate of drug-likeness (QED) is 0.0648. The van der Waals surface area contributed by atoms with Gasteiger partial charge < -0.3 is 5.32 Å². The molecule has 3 unspecified atom stereocenters. The van der Waals surface area contributed by atoms with Gasteiger partial charge >= 0.3 is 0 Å². The lowest BCUT2D eigenvalue weighted by atomic mass is 9.79. The second-order valence-electron chi connectivity index (χ2n) is 13.5. The van der Waals surface area contributed by atoms with Crippen molar-refractivity contribution >= 4 is 22.7 Å². The highest BCUT2D eigenvalue weighted by atomic mass is 15.0. The molecule has 5 aromatic rings. The number of pyridine rings is 1. The lowest BCUT2D eigenvalue weighted by Crippen LogP contribution is -2.28. The Balaban J connectivity index is 1.16. The van der Waals surface area contributed by atoms with E-state index < -0.39 is 0 Å². The molecule has 266 valence electrons. The van der Waals surface area contributed by atoms with Crippen molar-refractivity contribution < 1.29 is 0 Å². The fraction of sp³-hybridized carbons (Fsp3) is 0.0980. The molecule has 0 aliphatic heterocycles. The lowest BCUT2D eigenvalue weighted by molar-refractivity contribution is 0.634. The Morgan fingerprint density at radius 3 is 2.26 bits per heavy atom. The lowest BCUT2D eigenvalue weighted by Gasteiger charge is -2.25. The number of amidine groups is 1. The maximum atomic E-state index is 9.09. The summed E-state index contributed by atoms with van der Waals surface area (Å²) in [5, 5.41) is 15.0. The average Bonchev–Trinajstić information content (AvgIpc) is 3.23. The third-order valence-electron chi connectivity index (χ3n) is 9.86. The summed E-state index contributed by atoms with van der Waals surface area (Å²) in [7, 11) is 0. The van der Waals surface area contributed by atoms with Crippen LogP contribution in [0.3, 0.4) is 0 Å². The molecule has 0 fully saturated rings. The third-order valence-corrected chi connectivity index (χ3v) is 9.86. The minimum absolute atomic E-state index is 0.131. The number of rotatable bonds is 15. The maximum absolute atomic E-state index is 9.09. The SMILES string of the molecule is C=C/C=C\C=C\C1C=CC=CC1C(=C)C(=C)CCC(=C)C(=N)NC(/C=C/c1ccc(-c2cccnc2)cc1)c1ccc(-c2cccc3ccccc23)cc1. The van der Waals surface area contributed by atoms with Crippen molar-refractivity contribution in [2.45, 2.75) is 18.9 Å². The normalized spacial score (nSPS) is 15.9. The van der Waals surface area contributed by atoms with Crippen molar-refractivity contribution in [1.82, 2.24) is 10.3 Å². The van der Waals surface area contributed by atoms with Gasteiger partial charge in [-0.2, -0.15) is 0 Å². The van der Waals surface area contributed by atoms with Gasteiger partial charge in [-0.1, -0.05) is 196 Å². The minimum atomic E-state index is -0.256. The fourth-order valence-electron chi connectivity index (χ4n) is 6.69. The number of nitrogens with one attached hydrogen (secondary N) is 2. The van der Waals surface area contributed by atoms with Crippen LogP contribution < -0.4 is 5.32 Å². The summed E-state index contributed by atoms with van der Waals surface area (Å²) < 4.78 is 0. The molecule has 0 amide bonds. The van der Waals surface area contributed by atoms with E-state index in [1.165, 1.54) is 16.3 Å². The molecule has 3 nitrogen and oxygen atoms in total. The standard InChI is InChI=1S/C51H47N3/c1-5-6-7-8-15-42-16-9-11-20-47(42)39(4)37(2)23-24-38(3)51(52)54-50(34-27-40-25-28-41(29-26-40)46-19-14-35-53-36-46)45-32-30-44(31-33-45)49-22-13-18-43-17-10-12-21-48(43)49/h5-22,25-36,42,47,50H,1-4,23-24H2,(H2,52,54)/b7-6-,15-8+,34-27+. The van der Waals surface area contributed by atoms with Crippen LogP contribution in [0.15, 0.2) is 219 Å². The third kappa shape index (κ3) is 9.44. The predicted molar refractivity (Wildman–Crippen MR) is 232 cm³/mol. The van der Waals surface area contributed by atoms with Gasteiger partial charge in [0.1, 0.15) is 5.84 Å². The molecule has 2 N–H and O–H groups in total. The van der Waals surface area contributed by atoms with Crippen LogP contribution in [0.5, 0.6) is 0 Å². The van der Waals surface area contributed by atoms with Gasteiger partial charge in [-0.25, -0.2) is 0 Å². The first-order valence-electron chi connectivity index (χ1n) is 18.4. The summed E-state index contributed by atoms with van der Waals surface area (Å²) in [6.07, 6.45) is 27.6. The first-order valence-corrected chi connectivity index (χ1v) is 18.4. The Labute approximate surface area is 320 Å². The Hall–Kier alpha value is -6.58. The highest BCUT2D eigenvalue weighted by Gasteiger charge is 2.21. The zero-order valence-electron chi connectivity index (χ0n) is 30.7. The zero-order chi connectivity index (χ0) is 37.7. The molecule has 1 aliphatic carbocycles. The van der Waals surface area contributed by atoms with Crippen LogP contribution in [0, 0.1) is 17.2 Å². The summed E-state index contributed by atoms with van der Waals surface area (Å²) in [5.41, 5.74) is 9.37. The van der Waals surface area contributed by atoms with Crippen molar-refractivity contribution in [2.24, 2.45) is 11.8 Å². The van der Waals surface area contributed by atoms with E-state index in [4.69, 9.17) is 5.41 Å². The van der Waals surface area contributed by atoms with E-state index in [1.807, 2.05) is 30.5 Å². The van der Waals surface area contributed by atoms with E-state index in [1.54, 1.807) is 12.3 Å². The van der Waals surface area contributed by atoms with Gasteiger partial charge in [0.05, 0.1) is 6.04 Å². The molecule has 1 heterocycles. The van der Waals surface area contributed by atoms with E-state index in [-0.39, 0.29) is 17.9 Å². The summed E-state index contributed by atoms with van der Waals surface area (Å²) in [6, 6.07) is 35.7. The van der Waals surface area contributed by atoms with Gasteiger partial charge in [0.2, 0.25) is 0 Å². The fourth-order valence-corrected chi connectivity index (χ4v) is 6.69. The van der Waals surface area contributed by atoms with Crippen molar-refractivity contribution in [3.05, 3.63) is 230 Å². The Morgan fingerprint density at radius 1 is 0.741 bits per heavy atom. The smallest absolute Gasteiger partial charge is 0.121 e. The van der Waals surface area contributed by atoms with Crippen LogP contribution in [0.2, 0.25) is 0 Å². The van der Waals surface area contributed by atoms with Gasteiger partial charge in [0, 0.05) is 24.2 Å². The maximum Gasteiger partial charge on any atom is 0.121 e. The minimum Gasteiger partial charge on any atom is -0.360 e. The molecular weight excluding hydrogens is 655 g/mol. The van der Waals surface area contributed by atoms with Crippen LogP contribution in [0.1, 0.15) is 30.0 Å². The number of benzene rings is 4. The molecule has 54 heavy (non-hydrogen) atoms. The van der Waals surface area contributed by atoms with Crippen molar-refractivity contribution in [2.75, 3.05) is 0 Å². The molecule has 0 saturated heterocycles. The van der Waals surface area contributed by atoms with Gasteiger partial charge in [0.15, 0.2) is 0 Å². The monoisotopic (exact) mass is 701 g/mol. The molecule has 6 rings (SSSR count). The number of aromatic nitrogens is 1. The van der Waals surface area contributed by atoms with Crippen molar-refractivity contribution in [3.63, 3.8) is 0 Å². The van der Waals surface area contributed by atoms with E-state index in [0.717, 1.165) is 44.5 Å². The van der Waals surface area contributed by atoms with Gasteiger partial charge in [0.25, 0.3) is 0 Å². The van der Waals surface area contributed by atoms with Gasteiger partial charge in [-0.05, 0) is 74.2 Å². The summed E-state index contributed by atoms with van der Waals surface area (Å²) in [6.45, 7) is 16.9. The van der Waals surface area contributed by atoms with Crippen LogP contribution in [-0.2, 0) is 0 Å². The molecule has 3 heteroatoms. The van der Waals surface area contributed by atoms with Crippen molar-refractivity contribution in [3.8, 4) is 22.3 Å². The first-order chi connectivity index (χ1) is 26.4. The number of allylic oxidation sites excluding steroid dienone is 11.